The van der Waals surface area contributed by atoms with Gasteiger partial charge in [-0.3, -0.25) is 0 Å². The number of likely N-dealkylation sites (tertiary alicyclic amines) is 1. The van der Waals surface area contributed by atoms with Crippen LogP contribution in [-0.2, 0) is 13.6 Å². The van der Waals surface area contributed by atoms with Crippen LogP contribution in [0.15, 0.2) is 17.6 Å². The van der Waals surface area contributed by atoms with Gasteiger partial charge in [-0.1, -0.05) is 18.9 Å². The zero-order chi connectivity index (χ0) is 16.3. The minimum Gasteiger partial charge on any atom is -0.353 e. The normalized spacial score (nSPS) is 19.6. The number of aromatic nitrogens is 3. The third kappa shape index (κ3) is 4.10. The molecule has 3 rings (SSSR count). The monoisotopic (exact) mass is 444 g/mol. The lowest BCUT2D eigenvalue weighted by molar-refractivity contribution is 0.309. The molecule has 6 nitrogen and oxygen atoms in total. The van der Waals surface area contributed by atoms with E-state index in [9.17, 15) is 0 Å². The Hall–Kier alpha value is -1.12. The number of halogens is 1. The first kappa shape index (κ1) is 19.2. The number of aliphatic imine (C=N–C) groups is 1. The maximum Gasteiger partial charge on any atom is 0.194 e. The smallest absolute Gasteiger partial charge is 0.194 e. The molecule has 0 bridgehead atoms. The molecule has 2 heterocycles. The summed E-state index contributed by atoms with van der Waals surface area (Å²) in [6, 6.07) is 0. The second-order valence-electron chi connectivity index (χ2n) is 6.91. The minimum atomic E-state index is 0. The van der Waals surface area contributed by atoms with E-state index >= 15 is 0 Å². The maximum atomic E-state index is 4.80. The summed E-state index contributed by atoms with van der Waals surface area (Å²) in [5, 5.41) is 11.7. The molecule has 1 spiro atoms. The number of rotatable bonds is 4. The Bertz CT molecular complexity index is 588. The van der Waals surface area contributed by atoms with E-state index < -0.39 is 0 Å². The molecule has 24 heavy (non-hydrogen) atoms. The van der Waals surface area contributed by atoms with E-state index in [0.29, 0.717) is 12.0 Å². The Kier molecular flexibility index (Phi) is 6.65. The molecule has 0 unspecified atom stereocenters. The van der Waals surface area contributed by atoms with E-state index in [0.717, 1.165) is 37.2 Å². The topological polar surface area (TPSA) is 58.3 Å². The van der Waals surface area contributed by atoms with Gasteiger partial charge in [0.2, 0.25) is 0 Å². The zero-order valence-electron chi connectivity index (χ0n) is 14.8. The second kappa shape index (κ2) is 8.31. The van der Waals surface area contributed by atoms with Crippen molar-refractivity contribution in [1.29, 1.82) is 0 Å². The number of hydrogen-bond donors (Lipinski definition) is 1. The molecule has 1 aliphatic heterocycles. The lowest BCUT2D eigenvalue weighted by Gasteiger charge is -2.26. The van der Waals surface area contributed by atoms with Gasteiger partial charge in [0.25, 0.3) is 0 Å². The van der Waals surface area contributed by atoms with Crippen molar-refractivity contribution in [2.45, 2.75) is 45.6 Å². The zero-order valence-corrected chi connectivity index (χ0v) is 17.1. The van der Waals surface area contributed by atoms with Crippen LogP contribution in [0.1, 0.15) is 43.8 Å². The molecule has 2 fully saturated rings. The largest absolute Gasteiger partial charge is 0.353 e. The average Bonchev–Trinajstić information content (AvgIpc) is 3.26. The number of aryl methyl sites for hydroxylation is 1. The molecule has 1 N–H and O–H groups in total. The fraction of sp³-hybridized carbons (Fsp3) is 0.706. The van der Waals surface area contributed by atoms with Crippen LogP contribution < -0.4 is 5.32 Å². The molecule has 1 saturated heterocycles. The average molecular weight is 444 g/mol. The van der Waals surface area contributed by atoms with E-state index in [1.807, 2.05) is 24.6 Å². The predicted octanol–water partition coefficient (Wildman–Crippen LogP) is 2.64. The highest BCUT2D eigenvalue weighted by Crippen LogP contribution is 2.45. The molecule has 0 atom stereocenters. The van der Waals surface area contributed by atoms with Gasteiger partial charge in [0.15, 0.2) is 11.8 Å². The van der Waals surface area contributed by atoms with Crippen LogP contribution in [0.4, 0.5) is 0 Å². The van der Waals surface area contributed by atoms with Crippen LogP contribution in [0.3, 0.4) is 0 Å². The van der Waals surface area contributed by atoms with Crippen LogP contribution in [0.25, 0.3) is 0 Å². The third-order valence-corrected chi connectivity index (χ3v) is 5.36. The highest BCUT2D eigenvalue weighted by molar-refractivity contribution is 14.0. The van der Waals surface area contributed by atoms with Gasteiger partial charge >= 0.3 is 0 Å². The summed E-state index contributed by atoms with van der Waals surface area (Å²) in [6.07, 6.45) is 8.70. The van der Waals surface area contributed by atoms with Gasteiger partial charge in [0.1, 0.15) is 12.4 Å². The van der Waals surface area contributed by atoms with Gasteiger partial charge in [-0.25, -0.2) is 4.99 Å². The van der Waals surface area contributed by atoms with Crippen LogP contribution in [-0.4, -0.2) is 45.3 Å². The van der Waals surface area contributed by atoms with Gasteiger partial charge in [-0.05, 0) is 31.6 Å². The van der Waals surface area contributed by atoms with Gasteiger partial charge in [0.05, 0.1) is 0 Å². The molecule has 0 amide bonds. The molecule has 1 aromatic heterocycles. The fourth-order valence-electron chi connectivity index (χ4n) is 3.81. The van der Waals surface area contributed by atoms with E-state index in [4.69, 9.17) is 4.99 Å². The van der Waals surface area contributed by atoms with E-state index in [1.165, 1.54) is 32.1 Å². The van der Waals surface area contributed by atoms with Gasteiger partial charge in [-0.15, -0.1) is 40.8 Å². The first-order valence-electron chi connectivity index (χ1n) is 8.63. The summed E-state index contributed by atoms with van der Waals surface area (Å²) < 4.78 is 2.00. The molecule has 7 heteroatoms. The highest BCUT2D eigenvalue weighted by Gasteiger charge is 2.41. The van der Waals surface area contributed by atoms with Crippen LogP contribution in [0.2, 0.25) is 0 Å². The Morgan fingerprint density at radius 1 is 1.33 bits per heavy atom. The summed E-state index contributed by atoms with van der Waals surface area (Å²) in [7, 11) is 1.99. The Labute approximate surface area is 161 Å². The van der Waals surface area contributed by atoms with Gasteiger partial charge in [0, 0.05) is 26.7 Å². The van der Waals surface area contributed by atoms with Crippen LogP contribution in [0, 0.1) is 12.3 Å². The fourth-order valence-corrected chi connectivity index (χ4v) is 3.81. The molecular weight excluding hydrogens is 415 g/mol. The Balaban J connectivity index is 0.00000208. The predicted molar refractivity (Wildman–Crippen MR) is 108 cm³/mol. The lowest BCUT2D eigenvalue weighted by atomic mass is 9.86. The van der Waals surface area contributed by atoms with Crippen molar-refractivity contribution in [3.63, 3.8) is 0 Å². The first-order chi connectivity index (χ1) is 11.1. The van der Waals surface area contributed by atoms with Crippen molar-refractivity contribution in [3.05, 3.63) is 24.3 Å². The van der Waals surface area contributed by atoms with E-state index in [2.05, 4.69) is 27.0 Å². The van der Waals surface area contributed by atoms with E-state index in [-0.39, 0.29) is 24.0 Å². The van der Waals surface area contributed by atoms with Crippen molar-refractivity contribution < 1.29 is 0 Å². The summed E-state index contributed by atoms with van der Waals surface area (Å²) in [6.45, 7) is 9.29. The molecule has 0 aromatic carbocycles. The molecule has 2 aliphatic rings. The molecule has 1 saturated carbocycles. The van der Waals surface area contributed by atoms with Gasteiger partial charge < -0.3 is 14.8 Å². The number of hydrogen-bond acceptors (Lipinski definition) is 3. The van der Waals surface area contributed by atoms with Crippen molar-refractivity contribution in [2.24, 2.45) is 17.5 Å². The standard InChI is InChI=1S/C17H28N6.HI/c1-4-10-18-16(19-12-15-21-20-14(2)22(15)3)23-11-9-17(13-23)7-5-6-8-17;/h4H,1,5-13H2,2-3H3,(H,18,19);1H. The first-order valence-corrected chi connectivity index (χ1v) is 8.63. The molecular formula is C17H29IN6. The Morgan fingerprint density at radius 3 is 2.71 bits per heavy atom. The van der Waals surface area contributed by atoms with Gasteiger partial charge in [-0.2, -0.15) is 0 Å². The maximum absolute atomic E-state index is 4.80. The molecule has 1 aliphatic carbocycles. The molecule has 134 valence electrons. The van der Waals surface area contributed by atoms with Crippen LogP contribution in [0.5, 0.6) is 0 Å². The number of nitrogens with one attached hydrogen (secondary N) is 1. The third-order valence-electron chi connectivity index (χ3n) is 5.36. The SMILES string of the molecule is C=CCNC(=NCc1nnc(C)n1C)N1CCC2(CCCC2)C1.I. The highest BCUT2D eigenvalue weighted by atomic mass is 127. The van der Waals surface area contributed by atoms with E-state index in [1.54, 1.807) is 0 Å². The summed E-state index contributed by atoms with van der Waals surface area (Å²) in [4.78, 5) is 7.22. The molecule has 1 aromatic rings. The van der Waals surface area contributed by atoms with Crippen LogP contribution >= 0.6 is 24.0 Å². The molecule has 0 radical (unpaired) electrons. The van der Waals surface area contributed by atoms with Crippen molar-refractivity contribution in [1.82, 2.24) is 25.0 Å². The number of nitrogens with zero attached hydrogens (tertiary/aromatic N) is 5. The van der Waals surface area contributed by atoms with Crippen molar-refractivity contribution in [3.8, 4) is 0 Å². The minimum absolute atomic E-state index is 0. The van der Waals surface area contributed by atoms with Crippen molar-refractivity contribution in [2.75, 3.05) is 19.6 Å². The Morgan fingerprint density at radius 2 is 2.08 bits per heavy atom. The van der Waals surface area contributed by atoms with Crippen molar-refractivity contribution >= 4 is 29.9 Å². The number of guanidine groups is 1. The second-order valence-corrected chi connectivity index (χ2v) is 6.91. The quantitative estimate of drug-likeness (QED) is 0.336. The lowest BCUT2D eigenvalue weighted by Crippen LogP contribution is -2.41. The summed E-state index contributed by atoms with van der Waals surface area (Å²) in [5.41, 5.74) is 0.540. The summed E-state index contributed by atoms with van der Waals surface area (Å²) >= 11 is 0. The summed E-state index contributed by atoms with van der Waals surface area (Å²) in [5.74, 6) is 2.80.